The molecule has 1 aliphatic rings. The summed E-state index contributed by atoms with van der Waals surface area (Å²) in [5.41, 5.74) is 1.28. The predicted octanol–water partition coefficient (Wildman–Crippen LogP) is 1.90. The first-order valence-corrected chi connectivity index (χ1v) is 11.9. The van der Waals surface area contributed by atoms with E-state index in [1.807, 2.05) is 0 Å². The Morgan fingerprint density at radius 1 is 1.32 bits per heavy atom. The van der Waals surface area contributed by atoms with E-state index in [1.165, 1.54) is 19.8 Å². The molecule has 31 heavy (non-hydrogen) atoms. The van der Waals surface area contributed by atoms with Crippen molar-refractivity contribution in [3.05, 3.63) is 41.1 Å². The molecule has 9 nitrogen and oxygen atoms in total. The van der Waals surface area contributed by atoms with E-state index < -0.39 is 10.0 Å². The molecule has 1 unspecified atom stereocenters. The number of hydrogen-bond donors (Lipinski definition) is 3. The summed E-state index contributed by atoms with van der Waals surface area (Å²) in [6.07, 6.45) is 4.48. The number of rotatable bonds is 9. The van der Waals surface area contributed by atoms with Gasteiger partial charge in [-0.05, 0) is 75.4 Å². The number of sulfonamides is 1. The fourth-order valence-electron chi connectivity index (χ4n) is 3.83. The zero-order valence-electron chi connectivity index (χ0n) is 18.2. The lowest BCUT2D eigenvalue weighted by Crippen LogP contribution is -2.33. The maximum absolute atomic E-state index is 12.8. The lowest BCUT2D eigenvalue weighted by atomic mass is 9.96. The standard InChI is InChI=1S/C21H30N4O5S/c1-14-9-17(29-3)10-15(2)20(14)31(27,28)24-12-19-25-18(13-30-19)21(26)23-8-6-16-5-4-7-22-11-16/h9-10,13,16,22,24H,4-8,11-12H2,1-3H3,(H,23,26). The molecule has 10 heteroatoms. The number of hydrogen-bond acceptors (Lipinski definition) is 7. The fraction of sp³-hybridized carbons (Fsp3) is 0.524. The van der Waals surface area contributed by atoms with Crippen molar-refractivity contribution >= 4 is 15.9 Å². The van der Waals surface area contributed by atoms with Crippen LogP contribution in [0, 0.1) is 19.8 Å². The van der Waals surface area contributed by atoms with E-state index in [0.717, 1.165) is 25.9 Å². The third-order valence-corrected chi connectivity index (χ3v) is 7.08. The Hall–Kier alpha value is -2.43. The zero-order valence-corrected chi connectivity index (χ0v) is 19.0. The van der Waals surface area contributed by atoms with Crippen molar-refractivity contribution < 1.29 is 22.4 Å². The summed E-state index contributed by atoms with van der Waals surface area (Å²) in [6.45, 7) is 5.87. The van der Waals surface area contributed by atoms with Crippen molar-refractivity contribution in [3.8, 4) is 5.75 Å². The normalized spacial score (nSPS) is 16.8. The van der Waals surface area contributed by atoms with Crippen LogP contribution in [0.1, 0.15) is 46.8 Å². The summed E-state index contributed by atoms with van der Waals surface area (Å²) in [6, 6.07) is 3.33. The molecule has 1 atom stereocenters. The van der Waals surface area contributed by atoms with Crippen molar-refractivity contribution in [3.63, 3.8) is 0 Å². The van der Waals surface area contributed by atoms with Gasteiger partial charge in [0, 0.05) is 6.54 Å². The van der Waals surface area contributed by atoms with Crippen LogP contribution in [0.2, 0.25) is 0 Å². The lowest BCUT2D eigenvalue weighted by Gasteiger charge is -2.22. The second-order valence-corrected chi connectivity index (χ2v) is 9.50. The number of ether oxygens (including phenoxy) is 1. The molecule has 1 aromatic heterocycles. The quantitative estimate of drug-likeness (QED) is 0.533. The van der Waals surface area contributed by atoms with Gasteiger partial charge in [-0.2, -0.15) is 0 Å². The van der Waals surface area contributed by atoms with Gasteiger partial charge < -0.3 is 19.8 Å². The van der Waals surface area contributed by atoms with Gasteiger partial charge in [0.2, 0.25) is 15.9 Å². The molecule has 3 rings (SSSR count). The smallest absolute Gasteiger partial charge is 0.273 e. The van der Waals surface area contributed by atoms with Crippen LogP contribution in [0.25, 0.3) is 0 Å². The van der Waals surface area contributed by atoms with Gasteiger partial charge in [-0.3, -0.25) is 4.79 Å². The molecule has 3 N–H and O–H groups in total. The van der Waals surface area contributed by atoms with E-state index in [2.05, 4.69) is 20.3 Å². The SMILES string of the molecule is COc1cc(C)c(S(=O)(=O)NCc2nc(C(=O)NCCC3CCCNC3)co2)c(C)c1. The molecule has 1 fully saturated rings. The van der Waals surface area contributed by atoms with Crippen LogP contribution >= 0.6 is 0 Å². The minimum Gasteiger partial charge on any atom is -0.497 e. The van der Waals surface area contributed by atoms with Gasteiger partial charge in [0.1, 0.15) is 12.0 Å². The number of methoxy groups -OCH3 is 1. The van der Waals surface area contributed by atoms with E-state index in [1.54, 1.807) is 26.0 Å². The van der Waals surface area contributed by atoms with E-state index in [9.17, 15) is 13.2 Å². The lowest BCUT2D eigenvalue weighted by molar-refractivity contribution is 0.0945. The molecule has 1 saturated heterocycles. The third-order valence-electron chi connectivity index (χ3n) is 5.37. The summed E-state index contributed by atoms with van der Waals surface area (Å²) in [4.78, 5) is 16.6. The molecule has 0 radical (unpaired) electrons. The van der Waals surface area contributed by atoms with Gasteiger partial charge in [-0.25, -0.2) is 18.1 Å². The maximum atomic E-state index is 12.8. The topological polar surface area (TPSA) is 123 Å². The Morgan fingerprint density at radius 2 is 2.06 bits per heavy atom. The Morgan fingerprint density at radius 3 is 2.71 bits per heavy atom. The van der Waals surface area contributed by atoms with Crippen LogP contribution in [0.3, 0.4) is 0 Å². The van der Waals surface area contributed by atoms with E-state index in [4.69, 9.17) is 9.15 Å². The molecule has 2 aromatic rings. The Kier molecular flexibility index (Phi) is 7.69. The number of nitrogens with one attached hydrogen (secondary N) is 3. The second kappa shape index (κ2) is 10.3. The number of nitrogens with zero attached hydrogens (tertiary/aromatic N) is 1. The highest BCUT2D eigenvalue weighted by Gasteiger charge is 2.22. The number of aromatic nitrogens is 1. The number of benzene rings is 1. The molecule has 1 aromatic carbocycles. The first-order valence-electron chi connectivity index (χ1n) is 10.4. The van der Waals surface area contributed by atoms with Gasteiger partial charge in [0.15, 0.2) is 5.69 Å². The minimum atomic E-state index is -3.79. The van der Waals surface area contributed by atoms with E-state index in [0.29, 0.717) is 29.3 Å². The van der Waals surface area contributed by atoms with Crippen LogP contribution in [0.15, 0.2) is 27.7 Å². The maximum Gasteiger partial charge on any atom is 0.273 e. The molecule has 0 bridgehead atoms. The highest BCUT2D eigenvalue weighted by Crippen LogP contribution is 2.25. The van der Waals surface area contributed by atoms with Gasteiger partial charge in [0.05, 0.1) is 18.6 Å². The van der Waals surface area contributed by atoms with Crippen molar-refractivity contribution in [2.75, 3.05) is 26.7 Å². The summed E-state index contributed by atoms with van der Waals surface area (Å²) in [7, 11) is -2.26. The summed E-state index contributed by atoms with van der Waals surface area (Å²) >= 11 is 0. The van der Waals surface area contributed by atoms with Crippen molar-refractivity contribution in [1.29, 1.82) is 0 Å². The summed E-state index contributed by atoms with van der Waals surface area (Å²) in [5, 5.41) is 6.20. The summed E-state index contributed by atoms with van der Waals surface area (Å²) < 4.78 is 38.5. The summed E-state index contributed by atoms with van der Waals surface area (Å²) in [5.74, 6) is 0.954. The number of piperidine rings is 1. The highest BCUT2D eigenvalue weighted by atomic mass is 32.2. The zero-order chi connectivity index (χ0) is 22.4. The number of amides is 1. The van der Waals surface area contributed by atoms with Crippen LogP contribution in [0.5, 0.6) is 5.75 Å². The number of oxazole rings is 1. The minimum absolute atomic E-state index is 0.119. The first-order chi connectivity index (χ1) is 14.8. The Bertz CT molecular complexity index is 990. The molecule has 1 aliphatic heterocycles. The average Bonchev–Trinajstić information content (AvgIpc) is 3.21. The number of carbonyl (C=O) groups is 1. The van der Waals surface area contributed by atoms with Crippen LogP contribution in [-0.4, -0.2) is 46.1 Å². The van der Waals surface area contributed by atoms with Crippen LogP contribution < -0.4 is 20.1 Å². The molecular weight excluding hydrogens is 420 g/mol. The molecule has 0 saturated carbocycles. The average molecular weight is 451 g/mol. The number of carbonyl (C=O) groups excluding carboxylic acids is 1. The Balaban J connectivity index is 1.55. The van der Waals surface area contributed by atoms with Crippen LogP contribution in [0.4, 0.5) is 0 Å². The molecule has 1 amide bonds. The molecule has 0 spiro atoms. The second-order valence-electron chi connectivity index (χ2n) is 7.80. The van der Waals surface area contributed by atoms with Gasteiger partial charge >= 0.3 is 0 Å². The number of aryl methyl sites for hydroxylation is 2. The van der Waals surface area contributed by atoms with E-state index in [-0.39, 0.29) is 28.9 Å². The van der Waals surface area contributed by atoms with Gasteiger partial charge in [-0.15, -0.1) is 0 Å². The largest absolute Gasteiger partial charge is 0.497 e. The fourth-order valence-corrected chi connectivity index (χ4v) is 5.25. The molecule has 170 valence electrons. The predicted molar refractivity (Wildman–Crippen MR) is 116 cm³/mol. The molecule has 0 aliphatic carbocycles. The Labute approximate surface area is 183 Å². The highest BCUT2D eigenvalue weighted by molar-refractivity contribution is 7.89. The van der Waals surface area contributed by atoms with Crippen molar-refractivity contribution in [2.45, 2.75) is 44.6 Å². The molecular formula is C21H30N4O5S. The van der Waals surface area contributed by atoms with Gasteiger partial charge in [0.25, 0.3) is 5.91 Å². The van der Waals surface area contributed by atoms with E-state index >= 15 is 0 Å². The first kappa shape index (κ1) is 23.2. The van der Waals surface area contributed by atoms with Crippen LogP contribution in [-0.2, 0) is 16.6 Å². The molecule has 2 heterocycles. The monoisotopic (exact) mass is 450 g/mol. The third kappa shape index (κ3) is 6.05. The van der Waals surface area contributed by atoms with Gasteiger partial charge in [-0.1, -0.05) is 0 Å². The van der Waals surface area contributed by atoms with Crippen molar-refractivity contribution in [1.82, 2.24) is 20.3 Å². The van der Waals surface area contributed by atoms with Crippen molar-refractivity contribution in [2.24, 2.45) is 5.92 Å².